The Hall–Kier alpha value is -3.14. The van der Waals surface area contributed by atoms with Crippen LogP contribution in [0.15, 0.2) is 24.3 Å². The normalized spacial score (nSPS) is 21.5. The Morgan fingerprint density at radius 3 is 2.34 bits per heavy atom. The molecule has 0 bridgehead atoms. The number of nitrogens with zero attached hydrogens (tertiary/aromatic N) is 1. The zero-order chi connectivity index (χ0) is 28.2. The van der Waals surface area contributed by atoms with E-state index >= 15 is 0 Å². The molecule has 2 rings (SSSR count). The first kappa shape index (κ1) is 31.1. The van der Waals surface area contributed by atoms with Crippen molar-refractivity contribution in [2.75, 3.05) is 32.8 Å². The van der Waals surface area contributed by atoms with Crippen LogP contribution in [0.4, 0.5) is 0 Å². The van der Waals surface area contributed by atoms with Gasteiger partial charge in [0.1, 0.15) is 24.4 Å². The van der Waals surface area contributed by atoms with E-state index in [9.17, 15) is 19.2 Å². The highest BCUT2D eigenvalue weighted by Gasteiger charge is 2.30. The Bertz CT molecular complexity index is 947. The van der Waals surface area contributed by atoms with E-state index in [4.69, 9.17) is 4.74 Å². The summed E-state index contributed by atoms with van der Waals surface area (Å²) in [5.74, 6) is -1.23. The second-order valence-corrected chi connectivity index (χ2v) is 10.3. The molecule has 10 heteroatoms. The smallest absolute Gasteiger partial charge is 0.255 e. The van der Waals surface area contributed by atoms with Crippen LogP contribution in [-0.4, -0.2) is 79.4 Å². The molecule has 4 amide bonds. The van der Waals surface area contributed by atoms with Gasteiger partial charge in [-0.2, -0.15) is 0 Å². The van der Waals surface area contributed by atoms with Gasteiger partial charge in [-0.1, -0.05) is 53.7 Å². The molecule has 0 saturated heterocycles. The van der Waals surface area contributed by atoms with Crippen LogP contribution in [0.25, 0.3) is 0 Å². The Morgan fingerprint density at radius 2 is 1.71 bits per heavy atom. The van der Waals surface area contributed by atoms with E-state index in [2.05, 4.69) is 40.0 Å². The fourth-order valence-electron chi connectivity index (χ4n) is 4.19. The summed E-state index contributed by atoms with van der Waals surface area (Å²) < 4.78 is 6.02. The molecule has 212 valence electrons. The maximum Gasteiger partial charge on any atom is 0.255 e. The summed E-state index contributed by atoms with van der Waals surface area (Å²) in [6.07, 6.45) is 0.0510. The molecule has 0 unspecified atom stereocenters. The fourth-order valence-corrected chi connectivity index (χ4v) is 4.19. The van der Waals surface area contributed by atoms with E-state index in [0.29, 0.717) is 18.8 Å². The van der Waals surface area contributed by atoms with Gasteiger partial charge in [-0.3, -0.25) is 19.2 Å². The molecule has 0 aromatic heterocycles. The molecule has 1 aromatic carbocycles. The van der Waals surface area contributed by atoms with Crippen LogP contribution in [0.2, 0.25) is 0 Å². The zero-order valence-corrected chi connectivity index (χ0v) is 23.6. The van der Waals surface area contributed by atoms with E-state index in [1.165, 1.54) is 0 Å². The Morgan fingerprint density at radius 1 is 1.03 bits per heavy atom. The van der Waals surface area contributed by atoms with Gasteiger partial charge in [-0.05, 0) is 43.5 Å². The molecule has 0 spiro atoms. The number of nitrogens with one attached hydrogen (secondary N) is 4. The zero-order valence-electron chi connectivity index (χ0n) is 23.6. The standard InChI is InChI=1S/C28H45N5O5/c1-7-33(8-2)16-15-29-27(36)21-13-14-24(34)32-25(19(5)6)28(37)31-22(18(3)4)17-38-23-12-10-9-11-20(23)26(35)30-21/h9-12,18-19,21-22,25H,7-8,13-17H2,1-6H3,(H,29,36)(H,30,35)(H,31,37)(H,32,34)/t21-,22+,25+/m0/s1. The van der Waals surface area contributed by atoms with Crippen molar-refractivity contribution in [3.05, 3.63) is 29.8 Å². The quantitative estimate of drug-likeness (QED) is 0.404. The lowest BCUT2D eigenvalue weighted by molar-refractivity contribution is -0.131. The average molecular weight is 532 g/mol. The van der Waals surface area contributed by atoms with Crippen molar-refractivity contribution < 1.29 is 23.9 Å². The molecule has 4 N–H and O–H groups in total. The maximum atomic E-state index is 13.3. The van der Waals surface area contributed by atoms with Crippen LogP contribution in [0.3, 0.4) is 0 Å². The van der Waals surface area contributed by atoms with E-state index in [-0.39, 0.29) is 60.6 Å². The predicted molar refractivity (Wildman–Crippen MR) is 147 cm³/mol. The lowest BCUT2D eigenvalue weighted by atomic mass is 10.00. The molecule has 0 saturated carbocycles. The third-order valence-electron chi connectivity index (χ3n) is 6.85. The number of carbonyl (C=O) groups is 4. The summed E-state index contributed by atoms with van der Waals surface area (Å²) in [4.78, 5) is 54.5. The minimum atomic E-state index is -0.933. The second kappa shape index (κ2) is 15.3. The Kier molecular flexibility index (Phi) is 12.5. The molecule has 0 aliphatic carbocycles. The molecule has 38 heavy (non-hydrogen) atoms. The lowest BCUT2D eigenvalue weighted by Gasteiger charge is -2.27. The van der Waals surface area contributed by atoms with Crippen molar-refractivity contribution in [2.45, 2.75) is 72.5 Å². The molecular formula is C28H45N5O5. The predicted octanol–water partition coefficient (Wildman–Crippen LogP) is 1.70. The van der Waals surface area contributed by atoms with Crippen molar-refractivity contribution >= 4 is 23.6 Å². The monoisotopic (exact) mass is 531 g/mol. The molecule has 1 heterocycles. The summed E-state index contributed by atoms with van der Waals surface area (Å²) in [5, 5.41) is 11.5. The maximum absolute atomic E-state index is 13.3. The largest absolute Gasteiger partial charge is 0.491 e. The van der Waals surface area contributed by atoms with Gasteiger partial charge in [0.25, 0.3) is 5.91 Å². The number of hydrogen-bond acceptors (Lipinski definition) is 6. The third-order valence-corrected chi connectivity index (χ3v) is 6.85. The van der Waals surface area contributed by atoms with Crippen LogP contribution in [0, 0.1) is 11.8 Å². The number of para-hydroxylation sites is 1. The average Bonchev–Trinajstić information content (AvgIpc) is 2.89. The number of amides is 4. The second-order valence-electron chi connectivity index (χ2n) is 10.3. The first-order valence-corrected chi connectivity index (χ1v) is 13.7. The minimum absolute atomic E-state index is 0.0311. The van der Waals surface area contributed by atoms with Gasteiger partial charge in [0.2, 0.25) is 17.7 Å². The van der Waals surface area contributed by atoms with Crippen LogP contribution in [0.5, 0.6) is 5.75 Å². The van der Waals surface area contributed by atoms with Crippen LogP contribution in [-0.2, 0) is 14.4 Å². The summed E-state index contributed by atoms with van der Waals surface area (Å²) in [7, 11) is 0. The van der Waals surface area contributed by atoms with Crippen LogP contribution >= 0.6 is 0 Å². The number of fused-ring (bicyclic) bond motifs is 1. The number of carbonyl (C=O) groups excluding carboxylic acids is 4. The first-order chi connectivity index (χ1) is 18.1. The van der Waals surface area contributed by atoms with E-state index in [1.54, 1.807) is 24.3 Å². The van der Waals surface area contributed by atoms with Gasteiger partial charge in [-0.25, -0.2) is 0 Å². The SMILES string of the molecule is CCN(CC)CCNC(=O)[C@@H]1CCC(=O)N[C@H](C(C)C)C(=O)N[C@@H](C(C)C)COc2ccccc2C(=O)N1. The number of rotatable bonds is 8. The van der Waals surface area contributed by atoms with E-state index in [1.807, 2.05) is 27.7 Å². The summed E-state index contributed by atoms with van der Waals surface area (Å²) in [6, 6.07) is 4.78. The fraction of sp³-hybridized carbons (Fsp3) is 0.643. The van der Waals surface area contributed by atoms with Crippen LogP contribution < -0.4 is 26.0 Å². The van der Waals surface area contributed by atoms with E-state index in [0.717, 1.165) is 13.1 Å². The number of likely N-dealkylation sites (N-methyl/N-ethyl adjacent to an activating group) is 1. The topological polar surface area (TPSA) is 129 Å². The number of benzene rings is 1. The molecular weight excluding hydrogens is 486 g/mol. The molecule has 1 aliphatic rings. The molecule has 0 radical (unpaired) electrons. The van der Waals surface area contributed by atoms with E-state index < -0.39 is 18.0 Å². The number of ether oxygens (including phenoxy) is 1. The first-order valence-electron chi connectivity index (χ1n) is 13.7. The van der Waals surface area contributed by atoms with Gasteiger partial charge in [-0.15, -0.1) is 0 Å². The van der Waals surface area contributed by atoms with Crippen molar-refractivity contribution in [3.63, 3.8) is 0 Å². The highest BCUT2D eigenvalue weighted by molar-refractivity contribution is 5.99. The summed E-state index contributed by atoms with van der Waals surface area (Å²) >= 11 is 0. The Balaban J connectivity index is 2.33. The van der Waals surface area contributed by atoms with Gasteiger partial charge in [0.05, 0.1) is 11.6 Å². The van der Waals surface area contributed by atoms with Crippen molar-refractivity contribution in [1.29, 1.82) is 0 Å². The van der Waals surface area contributed by atoms with Crippen LogP contribution in [0.1, 0.15) is 64.7 Å². The Labute approximate surface area is 226 Å². The molecule has 1 aliphatic heterocycles. The number of hydrogen-bond donors (Lipinski definition) is 4. The molecule has 3 atom stereocenters. The van der Waals surface area contributed by atoms with Crippen molar-refractivity contribution in [1.82, 2.24) is 26.2 Å². The summed E-state index contributed by atoms with van der Waals surface area (Å²) in [6.45, 7) is 14.7. The molecule has 1 aromatic rings. The van der Waals surface area contributed by atoms with Gasteiger partial charge in [0, 0.05) is 19.5 Å². The molecule has 0 fully saturated rings. The lowest BCUT2D eigenvalue weighted by Crippen LogP contribution is -2.54. The van der Waals surface area contributed by atoms with Crippen molar-refractivity contribution in [3.8, 4) is 5.75 Å². The van der Waals surface area contributed by atoms with Gasteiger partial charge in [0.15, 0.2) is 0 Å². The minimum Gasteiger partial charge on any atom is -0.491 e. The molecule has 10 nitrogen and oxygen atoms in total. The third kappa shape index (κ3) is 9.31. The van der Waals surface area contributed by atoms with Crippen molar-refractivity contribution in [2.24, 2.45) is 11.8 Å². The highest BCUT2D eigenvalue weighted by Crippen LogP contribution is 2.20. The summed E-state index contributed by atoms with van der Waals surface area (Å²) in [5.41, 5.74) is 0.279. The van der Waals surface area contributed by atoms with Gasteiger partial charge < -0.3 is 30.9 Å². The van der Waals surface area contributed by atoms with Gasteiger partial charge >= 0.3 is 0 Å². The highest BCUT2D eigenvalue weighted by atomic mass is 16.5.